The first-order valence-corrected chi connectivity index (χ1v) is 8.40. The molecule has 1 aromatic rings. The maximum Gasteiger partial charge on any atom is 0.119 e. The fourth-order valence-corrected chi connectivity index (χ4v) is 2.93. The van der Waals surface area contributed by atoms with Crippen molar-refractivity contribution in [2.24, 2.45) is 5.92 Å². The molecule has 21 heavy (non-hydrogen) atoms. The molecular weight excluding hydrogens is 260 g/mol. The van der Waals surface area contributed by atoms with Gasteiger partial charge in [0.2, 0.25) is 0 Å². The number of nitrogens with one attached hydrogen (secondary N) is 1. The normalized spacial score (nSPS) is 19.6. The fourth-order valence-electron chi connectivity index (χ4n) is 2.93. The Morgan fingerprint density at radius 3 is 2.71 bits per heavy atom. The van der Waals surface area contributed by atoms with Gasteiger partial charge >= 0.3 is 0 Å². The molecule has 1 atom stereocenters. The minimum Gasteiger partial charge on any atom is -0.494 e. The molecule has 0 aromatic heterocycles. The van der Waals surface area contributed by atoms with Crippen LogP contribution in [0.25, 0.3) is 0 Å². The molecular formula is C18H30N2O. The molecule has 0 radical (unpaired) electrons. The zero-order chi connectivity index (χ0) is 15.1. The SMILES string of the molecule is CCCOc1ccc(N2CCCNC(CC(C)C)C2)cc1. The number of ether oxygens (including phenoxy) is 1. The molecule has 3 heteroatoms. The quantitative estimate of drug-likeness (QED) is 0.865. The van der Waals surface area contributed by atoms with E-state index in [2.05, 4.69) is 55.3 Å². The van der Waals surface area contributed by atoms with E-state index in [-0.39, 0.29) is 0 Å². The molecule has 1 N–H and O–H groups in total. The third-order valence-electron chi connectivity index (χ3n) is 3.91. The smallest absolute Gasteiger partial charge is 0.119 e. The number of nitrogens with zero attached hydrogens (tertiary/aromatic N) is 1. The van der Waals surface area contributed by atoms with Crippen molar-refractivity contribution in [3.8, 4) is 5.75 Å². The van der Waals surface area contributed by atoms with E-state index in [9.17, 15) is 0 Å². The fraction of sp³-hybridized carbons (Fsp3) is 0.667. The van der Waals surface area contributed by atoms with Crippen LogP contribution in [0.1, 0.15) is 40.0 Å². The molecule has 0 amide bonds. The van der Waals surface area contributed by atoms with Crippen LogP contribution in [0.2, 0.25) is 0 Å². The number of hydrogen-bond donors (Lipinski definition) is 1. The van der Waals surface area contributed by atoms with Gasteiger partial charge in [-0.05, 0) is 56.0 Å². The van der Waals surface area contributed by atoms with E-state index in [0.717, 1.165) is 44.3 Å². The lowest BCUT2D eigenvalue weighted by Crippen LogP contribution is -2.38. The van der Waals surface area contributed by atoms with Crippen molar-refractivity contribution in [2.45, 2.75) is 46.1 Å². The Kier molecular flexibility index (Phi) is 6.37. The van der Waals surface area contributed by atoms with Crippen molar-refractivity contribution in [2.75, 3.05) is 31.1 Å². The second-order valence-electron chi connectivity index (χ2n) is 6.42. The average molecular weight is 290 g/mol. The summed E-state index contributed by atoms with van der Waals surface area (Å²) in [5.74, 6) is 1.72. The molecule has 1 saturated heterocycles. The predicted octanol–water partition coefficient (Wildman–Crippen LogP) is 3.69. The molecule has 0 bridgehead atoms. The van der Waals surface area contributed by atoms with Gasteiger partial charge in [0.05, 0.1) is 6.61 Å². The summed E-state index contributed by atoms with van der Waals surface area (Å²) in [5, 5.41) is 3.69. The van der Waals surface area contributed by atoms with Gasteiger partial charge in [-0.25, -0.2) is 0 Å². The largest absolute Gasteiger partial charge is 0.494 e. The summed E-state index contributed by atoms with van der Waals surface area (Å²) in [6, 6.07) is 9.19. The Balaban J connectivity index is 1.98. The van der Waals surface area contributed by atoms with E-state index >= 15 is 0 Å². The third-order valence-corrected chi connectivity index (χ3v) is 3.91. The van der Waals surface area contributed by atoms with Crippen LogP contribution in [0.5, 0.6) is 5.75 Å². The zero-order valence-electron chi connectivity index (χ0n) is 13.8. The number of benzene rings is 1. The molecule has 0 saturated carbocycles. The van der Waals surface area contributed by atoms with Crippen LogP contribution in [-0.4, -0.2) is 32.3 Å². The van der Waals surface area contributed by atoms with Gasteiger partial charge in [0.1, 0.15) is 5.75 Å². The van der Waals surface area contributed by atoms with Crippen molar-refractivity contribution in [1.29, 1.82) is 0 Å². The summed E-state index contributed by atoms with van der Waals surface area (Å²) >= 11 is 0. The Hall–Kier alpha value is -1.22. The van der Waals surface area contributed by atoms with Gasteiger partial charge in [0.25, 0.3) is 0 Å². The van der Waals surface area contributed by atoms with Crippen molar-refractivity contribution in [1.82, 2.24) is 5.32 Å². The summed E-state index contributed by atoms with van der Waals surface area (Å²) in [7, 11) is 0. The topological polar surface area (TPSA) is 24.5 Å². The van der Waals surface area contributed by atoms with Crippen molar-refractivity contribution in [3.05, 3.63) is 24.3 Å². The van der Waals surface area contributed by atoms with Gasteiger partial charge in [-0.15, -0.1) is 0 Å². The van der Waals surface area contributed by atoms with E-state index in [1.54, 1.807) is 0 Å². The Bertz CT molecular complexity index is 402. The van der Waals surface area contributed by atoms with Gasteiger partial charge < -0.3 is 15.0 Å². The van der Waals surface area contributed by atoms with E-state index in [4.69, 9.17) is 4.74 Å². The zero-order valence-corrected chi connectivity index (χ0v) is 13.8. The molecule has 0 aliphatic carbocycles. The summed E-state index contributed by atoms with van der Waals surface area (Å²) in [6.07, 6.45) is 3.51. The molecule has 2 rings (SSSR count). The number of rotatable bonds is 6. The first-order chi connectivity index (χ1) is 10.2. The van der Waals surface area contributed by atoms with Crippen LogP contribution < -0.4 is 15.0 Å². The van der Waals surface area contributed by atoms with Crippen LogP contribution in [-0.2, 0) is 0 Å². The summed E-state index contributed by atoms with van der Waals surface area (Å²) in [4.78, 5) is 2.51. The molecule has 3 nitrogen and oxygen atoms in total. The molecule has 1 unspecified atom stereocenters. The number of hydrogen-bond acceptors (Lipinski definition) is 3. The summed E-state index contributed by atoms with van der Waals surface area (Å²) in [6.45, 7) is 10.9. The molecule has 1 aliphatic rings. The lowest BCUT2D eigenvalue weighted by Gasteiger charge is -2.27. The van der Waals surface area contributed by atoms with Crippen LogP contribution in [0.15, 0.2) is 24.3 Å². The second kappa shape index (κ2) is 8.28. The molecule has 1 heterocycles. The summed E-state index contributed by atoms with van der Waals surface area (Å²) < 4.78 is 5.67. The Morgan fingerprint density at radius 1 is 1.29 bits per heavy atom. The van der Waals surface area contributed by atoms with Gasteiger partial charge in [-0.1, -0.05) is 20.8 Å². The first-order valence-electron chi connectivity index (χ1n) is 8.40. The van der Waals surface area contributed by atoms with Gasteiger partial charge in [-0.3, -0.25) is 0 Å². The average Bonchev–Trinajstić information content (AvgIpc) is 2.70. The van der Waals surface area contributed by atoms with Crippen LogP contribution in [0.4, 0.5) is 5.69 Å². The Labute approximate surface area is 129 Å². The Morgan fingerprint density at radius 2 is 2.05 bits per heavy atom. The first kappa shape index (κ1) is 16.2. The standard InChI is InChI=1S/C18H30N2O/c1-4-12-21-18-8-6-17(7-9-18)20-11-5-10-19-16(14-20)13-15(2)3/h6-9,15-16,19H,4-5,10-14H2,1-3H3. The van der Waals surface area contributed by atoms with E-state index in [0.29, 0.717) is 6.04 Å². The monoisotopic (exact) mass is 290 g/mol. The van der Waals surface area contributed by atoms with E-state index < -0.39 is 0 Å². The molecule has 0 spiro atoms. The highest BCUT2D eigenvalue weighted by molar-refractivity contribution is 5.49. The second-order valence-corrected chi connectivity index (χ2v) is 6.42. The van der Waals surface area contributed by atoms with Crippen LogP contribution >= 0.6 is 0 Å². The molecule has 1 aliphatic heterocycles. The van der Waals surface area contributed by atoms with Gasteiger partial charge in [-0.2, -0.15) is 0 Å². The lowest BCUT2D eigenvalue weighted by atomic mass is 10.0. The molecule has 118 valence electrons. The van der Waals surface area contributed by atoms with Gasteiger partial charge in [0.15, 0.2) is 0 Å². The third kappa shape index (κ3) is 5.24. The van der Waals surface area contributed by atoms with Crippen LogP contribution in [0, 0.1) is 5.92 Å². The highest BCUT2D eigenvalue weighted by atomic mass is 16.5. The van der Waals surface area contributed by atoms with Crippen LogP contribution in [0.3, 0.4) is 0 Å². The van der Waals surface area contributed by atoms with Crippen molar-refractivity contribution in [3.63, 3.8) is 0 Å². The predicted molar refractivity (Wildman–Crippen MR) is 90.3 cm³/mol. The van der Waals surface area contributed by atoms with E-state index in [1.807, 2.05) is 0 Å². The molecule has 1 aromatic carbocycles. The highest BCUT2D eigenvalue weighted by Gasteiger charge is 2.18. The number of anilines is 1. The minimum absolute atomic E-state index is 0.600. The van der Waals surface area contributed by atoms with E-state index in [1.165, 1.54) is 18.5 Å². The van der Waals surface area contributed by atoms with Gasteiger partial charge in [0, 0.05) is 24.8 Å². The molecule has 1 fully saturated rings. The maximum absolute atomic E-state index is 5.67. The lowest BCUT2D eigenvalue weighted by molar-refractivity contribution is 0.317. The van der Waals surface area contributed by atoms with Crippen molar-refractivity contribution >= 4 is 5.69 Å². The maximum atomic E-state index is 5.67. The van der Waals surface area contributed by atoms with Crippen molar-refractivity contribution < 1.29 is 4.74 Å². The summed E-state index contributed by atoms with van der Waals surface area (Å²) in [5.41, 5.74) is 1.32. The highest BCUT2D eigenvalue weighted by Crippen LogP contribution is 2.22. The minimum atomic E-state index is 0.600.